The minimum Gasteiger partial charge on any atom is -0.507 e. The first-order chi connectivity index (χ1) is 8.88. The molecule has 0 aromatic heterocycles. The molecule has 0 aliphatic carbocycles. The van der Waals surface area contributed by atoms with Gasteiger partial charge in [-0.2, -0.15) is 0 Å². The largest absolute Gasteiger partial charge is 0.507 e. The molecule has 2 heteroatoms. The second-order valence-corrected chi connectivity index (χ2v) is 5.98. The quantitative estimate of drug-likeness (QED) is 0.563. The number of aromatic hydroxyl groups is 1. The highest BCUT2D eigenvalue weighted by Gasteiger charge is 2.21. The molecule has 0 fully saturated rings. The zero-order chi connectivity index (χ0) is 14.5. The maximum absolute atomic E-state index is 11.5. The van der Waals surface area contributed by atoms with E-state index in [0.29, 0.717) is 5.56 Å². The van der Waals surface area contributed by atoms with Crippen LogP contribution >= 0.6 is 0 Å². The summed E-state index contributed by atoms with van der Waals surface area (Å²) in [5.41, 5.74) is 1.61. The van der Waals surface area contributed by atoms with Crippen molar-refractivity contribution in [1.82, 2.24) is 0 Å². The smallest absolute Gasteiger partial charge is 0.163 e. The van der Waals surface area contributed by atoms with E-state index in [0.717, 1.165) is 12.0 Å². The molecule has 1 rings (SSSR count). The number of rotatable bonds is 7. The Balaban J connectivity index is 2.82. The summed E-state index contributed by atoms with van der Waals surface area (Å²) in [6, 6.07) is 5.42. The van der Waals surface area contributed by atoms with Crippen LogP contribution in [0.1, 0.15) is 75.7 Å². The van der Waals surface area contributed by atoms with E-state index < -0.39 is 0 Å². The summed E-state index contributed by atoms with van der Waals surface area (Å²) in [5.74, 6) is -0.000772. The van der Waals surface area contributed by atoms with E-state index in [1.54, 1.807) is 6.07 Å². The van der Waals surface area contributed by atoms with Gasteiger partial charge in [0.15, 0.2) is 5.78 Å². The molecule has 0 spiro atoms. The molecular formula is C17H26O2. The van der Waals surface area contributed by atoms with E-state index in [1.807, 2.05) is 12.1 Å². The second kappa shape index (κ2) is 6.74. The molecule has 0 bridgehead atoms. The lowest BCUT2D eigenvalue weighted by Crippen LogP contribution is -2.17. The molecule has 1 N–H and O–H groups in total. The fourth-order valence-electron chi connectivity index (χ4n) is 2.38. The van der Waals surface area contributed by atoms with Crippen LogP contribution in [-0.2, 0) is 5.41 Å². The third-order valence-electron chi connectivity index (χ3n) is 3.81. The molecule has 0 saturated heterocycles. The summed E-state index contributed by atoms with van der Waals surface area (Å²) in [4.78, 5) is 11.5. The zero-order valence-electron chi connectivity index (χ0n) is 12.6. The Labute approximate surface area is 116 Å². The van der Waals surface area contributed by atoms with Crippen LogP contribution in [0.15, 0.2) is 18.2 Å². The Morgan fingerprint density at radius 2 is 1.89 bits per heavy atom. The van der Waals surface area contributed by atoms with Crippen molar-refractivity contribution in [2.45, 2.75) is 65.2 Å². The van der Waals surface area contributed by atoms with Crippen molar-refractivity contribution in [2.24, 2.45) is 0 Å². The van der Waals surface area contributed by atoms with Crippen LogP contribution in [0.4, 0.5) is 0 Å². The van der Waals surface area contributed by atoms with E-state index in [2.05, 4.69) is 20.8 Å². The van der Waals surface area contributed by atoms with E-state index >= 15 is 0 Å². The number of phenols is 1. The predicted molar refractivity (Wildman–Crippen MR) is 79.9 cm³/mol. The van der Waals surface area contributed by atoms with Crippen molar-refractivity contribution in [3.05, 3.63) is 29.3 Å². The lowest BCUT2D eigenvalue weighted by Gasteiger charge is -2.26. The van der Waals surface area contributed by atoms with Crippen LogP contribution in [0.5, 0.6) is 5.75 Å². The molecule has 0 heterocycles. The topological polar surface area (TPSA) is 37.3 Å². The molecule has 0 radical (unpaired) electrons. The van der Waals surface area contributed by atoms with Crippen LogP contribution in [0, 0.1) is 0 Å². The van der Waals surface area contributed by atoms with Crippen molar-refractivity contribution < 1.29 is 9.90 Å². The molecule has 2 nitrogen and oxygen atoms in total. The standard InChI is InChI=1S/C17H26O2/c1-5-6-7-8-11-17(3,4)14-9-10-16(19)15(12-14)13(2)18/h9-10,12,19H,5-8,11H2,1-4H3. The number of carbonyl (C=O) groups excluding carboxylic acids is 1. The second-order valence-electron chi connectivity index (χ2n) is 5.98. The van der Waals surface area contributed by atoms with E-state index in [-0.39, 0.29) is 16.9 Å². The van der Waals surface area contributed by atoms with Crippen molar-refractivity contribution in [3.63, 3.8) is 0 Å². The van der Waals surface area contributed by atoms with Gasteiger partial charge < -0.3 is 5.11 Å². The van der Waals surface area contributed by atoms with Crippen LogP contribution in [-0.4, -0.2) is 10.9 Å². The van der Waals surface area contributed by atoms with Crippen molar-refractivity contribution in [1.29, 1.82) is 0 Å². The molecule has 19 heavy (non-hydrogen) atoms. The van der Waals surface area contributed by atoms with Gasteiger partial charge in [0.2, 0.25) is 0 Å². The van der Waals surface area contributed by atoms with Gasteiger partial charge in [-0.25, -0.2) is 0 Å². The first-order valence-electron chi connectivity index (χ1n) is 7.23. The number of Topliss-reactive ketones (excluding diaryl/α,β-unsaturated/α-hetero) is 1. The molecule has 0 aliphatic rings. The molecule has 1 aromatic carbocycles. The van der Waals surface area contributed by atoms with Crippen LogP contribution in [0.2, 0.25) is 0 Å². The monoisotopic (exact) mass is 262 g/mol. The molecule has 0 atom stereocenters. The maximum Gasteiger partial charge on any atom is 0.163 e. The van der Waals surface area contributed by atoms with Crippen LogP contribution < -0.4 is 0 Å². The summed E-state index contributed by atoms with van der Waals surface area (Å²) in [7, 11) is 0. The molecule has 0 aliphatic heterocycles. The average Bonchev–Trinajstić information content (AvgIpc) is 2.34. The highest BCUT2D eigenvalue weighted by atomic mass is 16.3. The van der Waals surface area contributed by atoms with Gasteiger partial charge in [0.1, 0.15) is 5.75 Å². The number of benzene rings is 1. The SMILES string of the molecule is CCCCCCC(C)(C)c1ccc(O)c(C(C)=O)c1. The summed E-state index contributed by atoms with van der Waals surface area (Å²) >= 11 is 0. The van der Waals surface area contributed by atoms with Gasteiger partial charge >= 0.3 is 0 Å². The third kappa shape index (κ3) is 4.38. The normalized spacial score (nSPS) is 11.6. The molecule has 106 valence electrons. The summed E-state index contributed by atoms with van der Waals surface area (Å²) < 4.78 is 0. The Hall–Kier alpha value is -1.31. The number of ketones is 1. The summed E-state index contributed by atoms with van der Waals surface area (Å²) in [6.45, 7) is 8.11. The van der Waals surface area contributed by atoms with Gasteiger partial charge in [-0.05, 0) is 36.5 Å². The highest BCUT2D eigenvalue weighted by molar-refractivity contribution is 5.96. The number of carbonyl (C=O) groups is 1. The lowest BCUT2D eigenvalue weighted by atomic mass is 9.79. The van der Waals surface area contributed by atoms with Crippen LogP contribution in [0.3, 0.4) is 0 Å². The minimum absolute atomic E-state index is 0.0473. The van der Waals surface area contributed by atoms with Crippen molar-refractivity contribution in [3.8, 4) is 5.75 Å². The van der Waals surface area contributed by atoms with E-state index in [1.165, 1.54) is 32.6 Å². The fourth-order valence-corrected chi connectivity index (χ4v) is 2.38. The molecule has 0 saturated carbocycles. The maximum atomic E-state index is 11.5. The zero-order valence-corrected chi connectivity index (χ0v) is 12.6. The minimum atomic E-state index is -0.0823. The van der Waals surface area contributed by atoms with Gasteiger partial charge in [-0.3, -0.25) is 4.79 Å². The Bertz CT molecular complexity index is 433. The van der Waals surface area contributed by atoms with Gasteiger partial charge in [-0.15, -0.1) is 0 Å². The van der Waals surface area contributed by atoms with Crippen molar-refractivity contribution in [2.75, 3.05) is 0 Å². The lowest BCUT2D eigenvalue weighted by molar-refractivity contribution is 0.101. The Morgan fingerprint density at radius 3 is 2.47 bits per heavy atom. The third-order valence-corrected chi connectivity index (χ3v) is 3.81. The Kier molecular flexibility index (Phi) is 5.59. The van der Waals surface area contributed by atoms with Gasteiger partial charge in [0, 0.05) is 0 Å². The highest BCUT2D eigenvalue weighted by Crippen LogP contribution is 2.32. The van der Waals surface area contributed by atoms with Gasteiger partial charge in [0.25, 0.3) is 0 Å². The predicted octanol–water partition coefficient (Wildman–Crippen LogP) is 4.84. The van der Waals surface area contributed by atoms with E-state index in [4.69, 9.17) is 0 Å². The number of unbranched alkanes of at least 4 members (excludes halogenated alkanes) is 3. The Morgan fingerprint density at radius 1 is 1.21 bits per heavy atom. The molecule has 1 aromatic rings. The molecule has 0 amide bonds. The van der Waals surface area contributed by atoms with Gasteiger partial charge in [0.05, 0.1) is 5.56 Å². The first kappa shape index (κ1) is 15.7. The van der Waals surface area contributed by atoms with Gasteiger partial charge in [-0.1, -0.05) is 52.5 Å². The number of hydrogen-bond donors (Lipinski definition) is 1. The molecular weight excluding hydrogens is 236 g/mol. The number of phenolic OH excluding ortho intramolecular Hbond substituents is 1. The summed E-state index contributed by atoms with van der Waals surface area (Å²) in [5, 5.41) is 9.70. The average molecular weight is 262 g/mol. The fraction of sp³-hybridized carbons (Fsp3) is 0.588. The molecule has 0 unspecified atom stereocenters. The van der Waals surface area contributed by atoms with Crippen molar-refractivity contribution >= 4 is 5.78 Å². The first-order valence-corrected chi connectivity index (χ1v) is 7.23. The van der Waals surface area contributed by atoms with Crippen LogP contribution in [0.25, 0.3) is 0 Å². The van der Waals surface area contributed by atoms with E-state index in [9.17, 15) is 9.90 Å². The summed E-state index contributed by atoms with van der Waals surface area (Å²) in [6.07, 6.45) is 6.10. The number of hydrogen-bond acceptors (Lipinski definition) is 2.